The van der Waals surface area contributed by atoms with Crippen LogP contribution in [0.15, 0.2) is 72.8 Å². The van der Waals surface area contributed by atoms with E-state index in [-0.39, 0.29) is 18.4 Å². The normalized spacial score (nSPS) is 12.7. The van der Waals surface area contributed by atoms with Crippen LogP contribution in [0.4, 0.5) is 11.4 Å². The number of anilines is 2. The number of benzene rings is 3. The van der Waals surface area contributed by atoms with Gasteiger partial charge in [-0.05, 0) is 55.0 Å². The Balaban J connectivity index is 1.43. The summed E-state index contributed by atoms with van der Waals surface area (Å²) in [5.41, 5.74) is 1.64. The number of nitrogens with one attached hydrogen (secondary N) is 1. The molecule has 0 radical (unpaired) electrons. The van der Waals surface area contributed by atoms with E-state index in [9.17, 15) is 9.59 Å². The predicted molar refractivity (Wildman–Crippen MR) is 120 cm³/mol. The van der Waals surface area contributed by atoms with Crippen LogP contribution in [0, 0.1) is 0 Å². The van der Waals surface area contributed by atoms with Gasteiger partial charge in [-0.2, -0.15) is 0 Å². The molecule has 0 atom stereocenters. The fourth-order valence-electron chi connectivity index (χ4n) is 3.29. The Hall–Kier alpha value is -3.51. The highest BCUT2D eigenvalue weighted by atomic mass is 35.5. The van der Waals surface area contributed by atoms with Crippen molar-refractivity contribution >= 4 is 34.8 Å². The number of ether oxygens (including phenoxy) is 2. The van der Waals surface area contributed by atoms with Crippen LogP contribution in [0.2, 0.25) is 5.02 Å². The van der Waals surface area contributed by atoms with Crippen molar-refractivity contribution < 1.29 is 19.1 Å². The van der Waals surface area contributed by atoms with Gasteiger partial charge in [0.25, 0.3) is 11.8 Å². The van der Waals surface area contributed by atoms with Crippen LogP contribution >= 0.6 is 11.6 Å². The van der Waals surface area contributed by atoms with Crippen molar-refractivity contribution in [1.29, 1.82) is 0 Å². The van der Waals surface area contributed by atoms with Crippen molar-refractivity contribution in [1.82, 2.24) is 0 Å². The van der Waals surface area contributed by atoms with Crippen molar-refractivity contribution in [3.63, 3.8) is 0 Å². The van der Waals surface area contributed by atoms with E-state index in [1.165, 1.54) is 0 Å². The maximum Gasteiger partial charge on any atom is 0.265 e. The molecule has 158 valence electrons. The van der Waals surface area contributed by atoms with Crippen molar-refractivity contribution in [2.75, 3.05) is 30.0 Å². The number of fused-ring (bicyclic) bond motifs is 1. The number of hydrogen-bond donors (Lipinski definition) is 1. The fraction of sp³-hybridized carbons (Fsp3) is 0.167. The number of nitrogens with zero attached hydrogens (tertiary/aromatic N) is 1. The van der Waals surface area contributed by atoms with Crippen LogP contribution in [-0.4, -0.2) is 31.6 Å². The molecule has 3 aromatic rings. The summed E-state index contributed by atoms with van der Waals surface area (Å²) in [6.07, 6.45) is 0.652. The van der Waals surface area contributed by atoms with Gasteiger partial charge in [0.15, 0.2) is 6.61 Å². The second kappa shape index (κ2) is 9.53. The van der Waals surface area contributed by atoms with Gasteiger partial charge in [0.2, 0.25) is 0 Å². The van der Waals surface area contributed by atoms with Crippen molar-refractivity contribution in [2.24, 2.45) is 0 Å². The van der Waals surface area contributed by atoms with Gasteiger partial charge >= 0.3 is 0 Å². The average Bonchev–Trinajstić information content (AvgIpc) is 2.78. The third kappa shape index (κ3) is 5.16. The number of amides is 2. The Kier molecular flexibility index (Phi) is 6.38. The quantitative estimate of drug-likeness (QED) is 0.541. The summed E-state index contributed by atoms with van der Waals surface area (Å²) in [5.74, 6) is 0.977. The van der Waals surface area contributed by atoms with Gasteiger partial charge in [-0.15, -0.1) is 0 Å². The zero-order valence-electron chi connectivity index (χ0n) is 16.7. The standard InChI is InChI=1S/C24H21ClN2O4/c25-18-7-4-6-17(14-18)24(29)26-19-10-11-22-21(15-19)27(23(28)16-31-22)12-5-13-30-20-8-2-1-3-9-20/h1-4,6-11,14-15H,5,12-13,16H2,(H,26,29). The lowest BCUT2D eigenvalue weighted by molar-refractivity contribution is -0.121. The van der Waals surface area contributed by atoms with E-state index < -0.39 is 0 Å². The highest BCUT2D eigenvalue weighted by Crippen LogP contribution is 2.35. The molecule has 31 heavy (non-hydrogen) atoms. The zero-order chi connectivity index (χ0) is 21.6. The van der Waals surface area contributed by atoms with Crippen LogP contribution in [0.25, 0.3) is 0 Å². The molecule has 7 heteroatoms. The van der Waals surface area contributed by atoms with Crippen molar-refractivity contribution in [3.05, 3.63) is 83.4 Å². The maximum atomic E-state index is 12.5. The molecule has 0 spiro atoms. The smallest absolute Gasteiger partial charge is 0.265 e. The fourth-order valence-corrected chi connectivity index (χ4v) is 3.48. The Bertz CT molecular complexity index is 1090. The third-order valence-electron chi connectivity index (χ3n) is 4.78. The number of para-hydroxylation sites is 1. The lowest BCUT2D eigenvalue weighted by Crippen LogP contribution is -2.39. The summed E-state index contributed by atoms with van der Waals surface area (Å²) in [7, 11) is 0. The lowest BCUT2D eigenvalue weighted by atomic mass is 10.1. The van der Waals surface area contributed by atoms with Crippen molar-refractivity contribution in [3.8, 4) is 11.5 Å². The number of carbonyl (C=O) groups is 2. The second-order valence-electron chi connectivity index (χ2n) is 7.00. The number of halogens is 1. The first-order valence-electron chi connectivity index (χ1n) is 9.92. The molecule has 4 rings (SSSR count). The van der Waals surface area contributed by atoms with E-state index in [0.717, 1.165) is 5.75 Å². The lowest BCUT2D eigenvalue weighted by Gasteiger charge is -2.30. The number of hydrogen-bond acceptors (Lipinski definition) is 4. The molecule has 0 aromatic heterocycles. The molecule has 0 fully saturated rings. The maximum absolute atomic E-state index is 12.5. The highest BCUT2D eigenvalue weighted by Gasteiger charge is 2.25. The topological polar surface area (TPSA) is 67.9 Å². The monoisotopic (exact) mass is 436 g/mol. The minimum atomic E-state index is -0.284. The summed E-state index contributed by atoms with van der Waals surface area (Å²) < 4.78 is 11.3. The van der Waals surface area contributed by atoms with Gasteiger partial charge in [-0.1, -0.05) is 35.9 Å². The average molecular weight is 437 g/mol. The van der Waals surface area contributed by atoms with Gasteiger partial charge in [-0.3, -0.25) is 9.59 Å². The molecule has 0 saturated carbocycles. The molecule has 0 unspecified atom stereocenters. The first-order valence-corrected chi connectivity index (χ1v) is 10.3. The molecule has 3 aromatic carbocycles. The third-order valence-corrected chi connectivity index (χ3v) is 5.02. The Morgan fingerprint density at radius 3 is 2.71 bits per heavy atom. The van der Waals surface area contributed by atoms with Crippen LogP contribution in [0.3, 0.4) is 0 Å². The van der Waals surface area contributed by atoms with Crippen LogP contribution in [0.5, 0.6) is 11.5 Å². The molecular formula is C24H21ClN2O4. The summed E-state index contributed by atoms with van der Waals surface area (Å²) in [5, 5.41) is 3.33. The van der Waals surface area contributed by atoms with E-state index in [1.807, 2.05) is 30.3 Å². The largest absolute Gasteiger partial charge is 0.494 e. The molecule has 2 amide bonds. The molecule has 0 saturated heterocycles. The Morgan fingerprint density at radius 1 is 1.06 bits per heavy atom. The van der Waals surface area contributed by atoms with E-state index in [0.29, 0.717) is 47.3 Å². The van der Waals surface area contributed by atoms with E-state index in [2.05, 4.69) is 5.32 Å². The van der Waals surface area contributed by atoms with Crippen LogP contribution in [0.1, 0.15) is 16.8 Å². The molecule has 1 aliphatic rings. The van der Waals surface area contributed by atoms with E-state index in [4.69, 9.17) is 21.1 Å². The van der Waals surface area contributed by atoms with Crippen LogP contribution < -0.4 is 19.7 Å². The first kappa shape index (κ1) is 20.8. The Morgan fingerprint density at radius 2 is 1.90 bits per heavy atom. The molecule has 1 N–H and O–H groups in total. The molecule has 0 aliphatic carbocycles. The minimum absolute atomic E-state index is 0.0131. The number of carbonyl (C=O) groups excluding carboxylic acids is 2. The van der Waals surface area contributed by atoms with Gasteiger partial charge in [-0.25, -0.2) is 0 Å². The molecule has 1 heterocycles. The van der Waals surface area contributed by atoms with Gasteiger partial charge in [0.05, 0.1) is 12.3 Å². The predicted octanol–water partition coefficient (Wildman–Crippen LogP) is 4.79. The van der Waals surface area contributed by atoms with Crippen LogP contribution in [-0.2, 0) is 4.79 Å². The highest BCUT2D eigenvalue weighted by molar-refractivity contribution is 6.31. The molecule has 1 aliphatic heterocycles. The van der Waals surface area contributed by atoms with E-state index >= 15 is 0 Å². The van der Waals surface area contributed by atoms with E-state index in [1.54, 1.807) is 47.4 Å². The molecule has 0 bridgehead atoms. The Labute approximate surface area is 185 Å². The minimum Gasteiger partial charge on any atom is -0.494 e. The summed E-state index contributed by atoms with van der Waals surface area (Å²) in [4.78, 5) is 26.7. The van der Waals surface area contributed by atoms with Gasteiger partial charge in [0, 0.05) is 22.8 Å². The molecule has 6 nitrogen and oxygen atoms in total. The second-order valence-corrected chi connectivity index (χ2v) is 7.43. The number of rotatable bonds is 7. The van der Waals surface area contributed by atoms with Gasteiger partial charge < -0.3 is 19.7 Å². The van der Waals surface area contributed by atoms with Crippen molar-refractivity contribution in [2.45, 2.75) is 6.42 Å². The summed E-state index contributed by atoms with van der Waals surface area (Å²) >= 11 is 5.97. The summed E-state index contributed by atoms with van der Waals surface area (Å²) in [6.45, 7) is 0.948. The summed E-state index contributed by atoms with van der Waals surface area (Å²) in [6, 6.07) is 21.5. The SMILES string of the molecule is O=C(Nc1ccc2c(c1)N(CCCOc1ccccc1)C(=O)CO2)c1cccc(Cl)c1. The van der Waals surface area contributed by atoms with Gasteiger partial charge in [0.1, 0.15) is 11.5 Å². The zero-order valence-corrected chi connectivity index (χ0v) is 17.5. The molecular weight excluding hydrogens is 416 g/mol. The first-order chi connectivity index (χ1) is 15.1.